The van der Waals surface area contributed by atoms with Gasteiger partial charge in [-0.3, -0.25) is 0 Å². The number of aromatic nitrogens is 1. The fourth-order valence-corrected chi connectivity index (χ4v) is 2.13. The second-order valence-electron chi connectivity index (χ2n) is 5.14. The van der Waals surface area contributed by atoms with Crippen molar-refractivity contribution in [1.29, 1.82) is 0 Å². The Labute approximate surface area is 124 Å². The predicted octanol–water partition coefficient (Wildman–Crippen LogP) is 4.02. The Morgan fingerprint density at radius 1 is 1.24 bits per heavy atom. The number of nitrogens with one attached hydrogen (secondary N) is 1. The molecule has 0 aliphatic rings. The van der Waals surface area contributed by atoms with Gasteiger partial charge in [0.05, 0.1) is 5.56 Å². The van der Waals surface area contributed by atoms with E-state index in [1.165, 1.54) is 6.07 Å². The average molecular weight is 303 g/mol. The van der Waals surface area contributed by atoms with Crippen molar-refractivity contribution in [1.82, 2.24) is 9.88 Å². The van der Waals surface area contributed by atoms with Crippen LogP contribution in [0.1, 0.15) is 39.2 Å². The first-order valence-electron chi connectivity index (χ1n) is 7.39. The van der Waals surface area contributed by atoms with Crippen molar-refractivity contribution in [2.24, 2.45) is 0 Å². The van der Waals surface area contributed by atoms with Crippen LogP contribution in [0.15, 0.2) is 18.3 Å². The van der Waals surface area contributed by atoms with Crippen molar-refractivity contribution >= 4 is 5.82 Å². The van der Waals surface area contributed by atoms with E-state index in [1.807, 2.05) is 6.92 Å². The molecule has 0 bridgehead atoms. The van der Waals surface area contributed by atoms with Gasteiger partial charge in [0.1, 0.15) is 5.82 Å². The second-order valence-corrected chi connectivity index (χ2v) is 5.14. The number of halogens is 3. The highest BCUT2D eigenvalue weighted by molar-refractivity contribution is 5.36. The third-order valence-electron chi connectivity index (χ3n) is 3.49. The molecule has 0 amide bonds. The van der Waals surface area contributed by atoms with Gasteiger partial charge in [0.2, 0.25) is 0 Å². The minimum atomic E-state index is -4.33. The molecule has 21 heavy (non-hydrogen) atoms. The number of hydrogen-bond acceptors (Lipinski definition) is 3. The second kappa shape index (κ2) is 8.22. The zero-order valence-electron chi connectivity index (χ0n) is 12.9. The third kappa shape index (κ3) is 6.33. The number of pyridine rings is 1. The first-order chi connectivity index (χ1) is 9.86. The van der Waals surface area contributed by atoms with Crippen molar-refractivity contribution in [3.05, 3.63) is 23.9 Å². The fraction of sp³-hybridized carbons (Fsp3) is 0.667. The lowest BCUT2D eigenvalue weighted by molar-refractivity contribution is -0.137. The van der Waals surface area contributed by atoms with Gasteiger partial charge in [-0.25, -0.2) is 4.98 Å². The highest BCUT2D eigenvalue weighted by Gasteiger charge is 2.30. The Bertz CT molecular complexity index is 400. The first-order valence-corrected chi connectivity index (χ1v) is 7.39. The largest absolute Gasteiger partial charge is 0.417 e. The number of alkyl halides is 3. The number of rotatable bonds is 8. The monoisotopic (exact) mass is 303 g/mol. The Morgan fingerprint density at radius 2 is 1.90 bits per heavy atom. The summed E-state index contributed by atoms with van der Waals surface area (Å²) in [5, 5.41) is 3.13. The molecule has 1 rings (SSSR count). The van der Waals surface area contributed by atoms with Gasteiger partial charge in [-0.15, -0.1) is 0 Å². The molecule has 0 fully saturated rings. The summed E-state index contributed by atoms with van der Waals surface area (Å²) in [6.45, 7) is 9.41. The van der Waals surface area contributed by atoms with Crippen molar-refractivity contribution < 1.29 is 13.2 Å². The lowest BCUT2D eigenvalue weighted by Crippen LogP contribution is -2.25. The van der Waals surface area contributed by atoms with Gasteiger partial charge in [0.25, 0.3) is 0 Å². The van der Waals surface area contributed by atoms with E-state index in [9.17, 15) is 13.2 Å². The molecule has 0 saturated carbocycles. The van der Waals surface area contributed by atoms with Gasteiger partial charge in [-0.2, -0.15) is 13.2 Å². The van der Waals surface area contributed by atoms with Crippen LogP contribution in [0, 0.1) is 0 Å². The van der Waals surface area contributed by atoms with Crippen molar-refractivity contribution in [2.75, 3.05) is 25.0 Å². The van der Waals surface area contributed by atoms with E-state index in [4.69, 9.17) is 0 Å². The molecule has 1 heterocycles. The summed E-state index contributed by atoms with van der Waals surface area (Å²) >= 11 is 0. The number of nitrogens with zero attached hydrogens (tertiary/aromatic N) is 2. The SMILES string of the molecule is CCN(CC)CCCC(C)Nc1ccc(C(F)(F)F)cn1. The van der Waals surface area contributed by atoms with E-state index in [0.717, 1.165) is 44.7 Å². The van der Waals surface area contributed by atoms with Crippen molar-refractivity contribution in [3.63, 3.8) is 0 Å². The summed E-state index contributed by atoms with van der Waals surface area (Å²) < 4.78 is 37.3. The van der Waals surface area contributed by atoms with Gasteiger partial charge < -0.3 is 10.2 Å². The third-order valence-corrected chi connectivity index (χ3v) is 3.49. The fourth-order valence-electron chi connectivity index (χ4n) is 2.13. The van der Waals surface area contributed by atoms with Crippen LogP contribution in [0.4, 0.5) is 19.0 Å². The molecule has 1 aromatic rings. The minimum absolute atomic E-state index is 0.185. The molecule has 1 unspecified atom stereocenters. The quantitative estimate of drug-likeness (QED) is 0.786. The van der Waals surface area contributed by atoms with Crippen LogP contribution in [0.25, 0.3) is 0 Å². The van der Waals surface area contributed by atoms with Crippen LogP contribution in [-0.4, -0.2) is 35.6 Å². The molecular formula is C15H24F3N3. The van der Waals surface area contributed by atoms with Gasteiger partial charge in [-0.05, 0) is 51.5 Å². The number of hydrogen-bond donors (Lipinski definition) is 1. The Kier molecular flexibility index (Phi) is 6.95. The summed E-state index contributed by atoms with van der Waals surface area (Å²) in [5.41, 5.74) is -0.720. The molecule has 1 atom stereocenters. The number of anilines is 1. The van der Waals surface area contributed by atoms with Crippen LogP contribution in [0.3, 0.4) is 0 Å². The van der Waals surface area contributed by atoms with E-state index in [2.05, 4.69) is 29.0 Å². The summed E-state index contributed by atoms with van der Waals surface area (Å²) in [6, 6.07) is 2.62. The average Bonchev–Trinajstić information content (AvgIpc) is 2.43. The highest BCUT2D eigenvalue weighted by atomic mass is 19.4. The standard InChI is InChI=1S/C15H24F3N3/c1-4-21(5-2)10-6-7-12(3)20-14-9-8-13(11-19-14)15(16,17)18/h8-9,11-12H,4-7,10H2,1-3H3,(H,19,20). The van der Waals surface area contributed by atoms with Crippen LogP contribution in [0.2, 0.25) is 0 Å². The maximum Gasteiger partial charge on any atom is 0.417 e. The molecule has 6 heteroatoms. The van der Waals surface area contributed by atoms with Crippen LogP contribution >= 0.6 is 0 Å². The zero-order valence-corrected chi connectivity index (χ0v) is 12.9. The van der Waals surface area contributed by atoms with E-state index in [0.29, 0.717) is 5.82 Å². The summed E-state index contributed by atoms with van der Waals surface area (Å²) in [6.07, 6.45) is -1.46. The topological polar surface area (TPSA) is 28.2 Å². The van der Waals surface area contributed by atoms with Crippen LogP contribution in [0.5, 0.6) is 0 Å². The van der Waals surface area contributed by atoms with E-state index >= 15 is 0 Å². The Hall–Kier alpha value is -1.30. The van der Waals surface area contributed by atoms with Crippen molar-refractivity contribution in [3.8, 4) is 0 Å². The molecule has 1 N–H and O–H groups in total. The first kappa shape index (κ1) is 17.8. The normalized spacial score (nSPS) is 13.5. The zero-order chi connectivity index (χ0) is 15.9. The molecule has 120 valence electrons. The molecule has 1 aromatic heterocycles. The summed E-state index contributed by atoms with van der Waals surface area (Å²) in [4.78, 5) is 6.17. The van der Waals surface area contributed by atoms with E-state index in [1.54, 1.807) is 0 Å². The summed E-state index contributed by atoms with van der Waals surface area (Å²) in [5.74, 6) is 0.485. The molecule has 0 saturated heterocycles. The smallest absolute Gasteiger partial charge is 0.368 e. The van der Waals surface area contributed by atoms with E-state index in [-0.39, 0.29) is 6.04 Å². The summed E-state index contributed by atoms with van der Waals surface area (Å²) in [7, 11) is 0. The highest BCUT2D eigenvalue weighted by Crippen LogP contribution is 2.28. The Balaban J connectivity index is 2.39. The molecule has 0 aromatic carbocycles. The minimum Gasteiger partial charge on any atom is -0.368 e. The molecule has 0 aliphatic carbocycles. The molecule has 0 radical (unpaired) electrons. The molecule has 0 spiro atoms. The van der Waals surface area contributed by atoms with Gasteiger partial charge in [0, 0.05) is 12.2 Å². The van der Waals surface area contributed by atoms with Gasteiger partial charge in [-0.1, -0.05) is 13.8 Å². The lowest BCUT2D eigenvalue weighted by atomic mass is 10.1. The maximum absolute atomic E-state index is 12.4. The van der Waals surface area contributed by atoms with Crippen LogP contribution in [-0.2, 0) is 6.18 Å². The molecule has 3 nitrogen and oxygen atoms in total. The lowest BCUT2D eigenvalue weighted by Gasteiger charge is -2.20. The molecule has 0 aliphatic heterocycles. The van der Waals surface area contributed by atoms with Gasteiger partial charge >= 0.3 is 6.18 Å². The Morgan fingerprint density at radius 3 is 2.38 bits per heavy atom. The van der Waals surface area contributed by atoms with Gasteiger partial charge in [0.15, 0.2) is 0 Å². The van der Waals surface area contributed by atoms with Crippen LogP contribution < -0.4 is 5.32 Å². The maximum atomic E-state index is 12.4. The van der Waals surface area contributed by atoms with Crippen molar-refractivity contribution in [2.45, 2.75) is 45.8 Å². The van der Waals surface area contributed by atoms with E-state index < -0.39 is 11.7 Å². The molecular weight excluding hydrogens is 279 g/mol. The predicted molar refractivity (Wildman–Crippen MR) is 79.3 cm³/mol.